The van der Waals surface area contributed by atoms with Gasteiger partial charge in [0.05, 0.1) is 0 Å². The molecule has 0 atom stereocenters. The highest BCUT2D eigenvalue weighted by molar-refractivity contribution is 6.35. The molecule has 24 heavy (non-hydrogen) atoms. The molecule has 0 fully saturated rings. The smallest absolute Gasteiger partial charge is 0.276 e. The molecular weight excluding hydrogens is 375 g/mol. The quantitative estimate of drug-likeness (QED) is 0.784. The number of carbonyl (C=O) groups is 2. The molecular formula is C16H13Cl3N2O3. The number of halogens is 3. The van der Waals surface area contributed by atoms with Crippen LogP contribution in [0.25, 0.3) is 0 Å². The predicted molar refractivity (Wildman–Crippen MR) is 93.8 cm³/mol. The van der Waals surface area contributed by atoms with Crippen LogP contribution in [0.5, 0.6) is 5.75 Å². The Labute approximate surface area is 153 Å². The number of aryl methyl sites for hydroxylation is 1. The van der Waals surface area contributed by atoms with E-state index in [9.17, 15) is 9.59 Å². The van der Waals surface area contributed by atoms with Crippen molar-refractivity contribution in [2.24, 2.45) is 0 Å². The number of hydrogen-bond acceptors (Lipinski definition) is 3. The molecule has 2 aromatic rings. The molecule has 0 saturated heterocycles. The molecule has 2 N–H and O–H groups in total. The Morgan fingerprint density at radius 3 is 2.25 bits per heavy atom. The van der Waals surface area contributed by atoms with Crippen molar-refractivity contribution < 1.29 is 14.3 Å². The second kappa shape index (κ2) is 8.24. The molecule has 8 heteroatoms. The zero-order valence-corrected chi connectivity index (χ0v) is 14.8. The first-order chi connectivity index (χ1) is 11.3. The summed E-state index contributed by atoms with van der Waals surface area (Å²) >= 11 is 17.5. The predicted octanol–water partition coefficient (Wildman–Crippen LogP) is 3.80. The molecule has 126 valence electrons. The fraction of sp³-hybridized carbons (Fsp3) is 0.125. The summed E-state index contributed by atoms with van der Waals surface area (Å²) in [5.41, 5.74) is 5.52. The van der Waals surface area contributed by atoms with E-state index in [1.807, 2.05) is 6.92 Å². The Bertz CT molecular complexity index is 761. The van der Waals surface area contributed by atoms with Gasteiger partial charge in [-0.1, -0.05) is 34.8 Å². The van der Waals surface area contributed by atoms with Crippen LogP contribution in [0.3, 0.4) is 0 Å². The molecule has 0 aliphatic carbocycles. The fourth-order valence-corrected chi connectivity index (χ4v) is 2.59. The third-order valence-corrected chi connectivity index (χ3v) is 3.61. The maximum absolute atomic E-state index is 11.9. The Kier molecular flexibility index (Phi) is 6.31. The number of rotatable bonds is 4. The number of hydrogen-bond donors (Lipinski definition) is 2. The van der Waals surface area contributed by atoms with Crippen molar-refractivity contribution in [1.29, 1.82) is 0 Å². The Morgan fingerprint density at radius 2 is 1.62 bits per heavy atom. The number of ether oxygens (including phenoxy) is 1. The number of hydrazine groups is 1. The SMILES string of the molecule is Cc1cc(Cl)ccc1OCC(=O)NNC(=O)c1cc(Cl)cc(Cl)c1. The van der Waals surface area contributed by atoms with Crippen molar-refractivity contribution in [3.05, 3.63) is 62.6 Å². The van der Waals surface area contributed by atoms with E-state index in [1.54, 1.807) is 18.2 Å². The summed E-state index contributed by atoms with van der Waals surface area (Å²) in [4.78, 5) is 23.7. The molecule has 5 nitrogen and oxygen atoms in total. The van der Waals surface area contributed by atoms with Gasteiger partial charge in [-0.25, -0.2) is 0 Å². The van der Waals surface area contributed by atoms with Crippen LogP contribution in [0.4, 0.5) is 0 Å². The van der Waals surface area contributed by atoms with Gasteiger partial charge < -0.3 is 4.74 Å². The minimum Gasteiger partial charge on any atom is -0.483 e. The lowest BCUT2D eigenvalue weighted by molar-refractivity contribution is -0.123. The van der Waals surface area contributed by atoms with E-state index < -0.39 is 11.8 Å². The van der Waals surface area contributed by atoms with Gasteiger partial charge in [0.25, 0.3) is 11.8 Å². The lowest BCUT2D eigenvalue weighted by Crippen LogP contribution is -2.43. The first kappa shape index (κ1) is 18.4. The van der Waals surface area contributed by atoms with Gasteiger partial charge in [-0.05, 0) is 48.9 Å². The van der Waals surface area contributed by atoms with E-state index >= 15 is 0 Å². The largest absolute Gasteiger partial charge is 0.483 e. The molecule has 0 bridgehead atoms. The molecule has 0 heterocycles. The molecule has 2 rings (SSSR count). The summed E-state index contributed by atoms with van der Waals surface area (Å²) in [7, 11) is 0. The molecule has 2 amide bonds. The molecule has 0 aliphatic rings. The second-order valence-electron chi connectivity index (χ2n) is 4.86. The summed E-state index contributed by atoms with van der Waals surface area (Å²) in [5.74, 6) is -0.538. The van der Waals surface area contributed by atoms with Crippen molar-refractivity contribution in [2.45, 2.75) is 6.92 Å². The van der Waals surface area contributed by atoms with Gasteiger partial charge in [0.1, 0.15) is 5.75 Å². The summed E-state index contributed by atoms with van der Waals surface area (Å²) < 4.78 is 5.37. The maximum atomic E-state index is 11.9. The van der Waals surface area contributed by atoms with Crippen LogP contribution >= 0.6 is 34.8 Å². The van der Waals surface area contributed by atoms with Gasteiger partial charge in [-0.15, -0.1) is 0 Å². The first-order valence-electron chi connectivity index (χ1n) is 6.79. The lowest BCUT2D eigenvalue weighted by atomic mass is 10.2. The summed E-state index contributed by atoms with van der Waals surface area (Å²) in [6.07, 6.45) is 0. The Balaban J connectivity index is 1.85. The highest BCUT2D eigenvalue weighted by Gasteiger charge is 2.10. The Morgan fingerprint density at radius 1 is 0.958 bits per heavy atom. The highest BCUT2D eigenvalue weighted by atomic mass is 35.5. The monoisotopic (exact) mass is 386 g/mol. The topological polar surface area (TPSA) is 67.4 Å². The highest BCUT2D eigenvalue weighted by Crippen LogP contribution is 2.21. The lowest BCUT2D eigenvalue weighted by Gasteiger charge is -2.11. The zero-order chi connectivity index (χ0) is 17.7. The first-order valence-corrected chi connectivity index (χ1v) is 7.93. The molecule has 0 aromatic heterocycles. The van der Waals surface area contributed by atoms with Crippen molar-refractivity contribution in [2.75, 3.05) is 6.61 Å². The molecule has 0 unspecified atom stereocenters. The van der Waals surface area contributed by atoms with Crippen LogP contribution in [0.1, 0.15) is 15.9 Å². The molecule has 0 spiro atoms. The van der Waals surface area contributed by atoms with Gasteiger partial charge in [-0.2, -0.15) is 0 Å². The number of amides is 2. The summed E-state index contributed by atoms with van der Waals surface area (Å²) in [6.45, 7) is 1.54. The molecule has 0 radical (unpaired) electrons. The van der Waals surface area contributed by atoms with Crippen LogP contribution in [-0.4, -0.2) is 18.4 Å². The molecule has 0 aliphatic heterocycles. The Hall–Kier alpha value is -1.95. The average molecular weight is 388 g/mol. The van der Waals surface area contributed by atoms with Crippen LogP contribution in [0.15, 0.2) is 36.4 Å². The molecule has 0 saturated carbocycles. The van der Waals surface area contributed by atoms with Crippen LogP contribution < -0.4 is 15.6 Å². The van der Waals surface area contributed by atoms with Gasteiger partial charge >= 0.3 is 0 Å². The van der Waals surface area contributed by atoms with Crippen LogP contribution in [0, 0.1) is 6.92 Å². The summed E-state index contributed by atoms with van der Waals surface area (Å²) in [5, 5.41) is 1.22. The number of nitrogens with one attached hydrogen (secondary N) is 2. The van der Waals surface area contributed by atoms with E-state index in [-0.39, 0.29) is 12.2 Å². The van der Waals surface area contributed by atoms with E-state index in [2.05, 4.69) is 10.9 Å². The van der Waals surface area contributed by atoms with Crippen molar-refractivity contribution in [1.82, 2.24) is 10.9 Å². The molecule has 2 aromatic carbocycles. The van der Waals surface area contributed by atoms with Gasteiger partial charge in [0.2, 0.25) is 0 Å². The number of benzene rings is 2. The summed E-state index contributed by atoms with van der Waals surface area (Å²) in [6, 6.07) is 9.41. The van der Waals surface area contributed by atoms with Gasteiger partial charge in [0.15, 0.2) is 6.61 Å². The van der Waals surface area contributed by atoms with E-state index in [0.29, 0.717) is 20.8 Å². The minimum atomic E-state index is -0.546. The second-order valence-corrected chi connectivity index (χ2v) is 6.17. The van der Waals surface area contributed by atoms with Crippen molar-refractivity contribution >= 4 is 46.6 Å². The minimum absolute atomic E-state index is 0.224. The van der Waals surface area contributed by atoms with Crippen LogP contribution in [-0.2, 0) is 4.79 Å². The number of carbonyl (C=O) groups excluding carboxylic acids is 2. The standard InChI is InChI=1S/C16H13Cl3N2O3/c1-9-4-11(17)2-3-14(9)24-8-15(22)20-21-16(23)10-5-12(18)7-13(19)6-10/h2-7H,8H2,1H3,(H,20,22)(H,21,23). The third kappa shape index (κ3) is 5.30. The van der Waals surface area contributed by atoms with Crippen molar-refractivity contribution in [3.63, 3.8) is 0 Å². The van der Waals surface area contributed by atoms with Gasteiger partial charge in [-0.3, -0.25) is 20.4 Å². The van der Waals surface area contributed by atoms with E-state index in [4.69, 9.17) is 39.5 Å². The average Bonchev–Trinajstić information content (AvgIpc) is 2.50. The zero-order valence-electron chi connectivity index (χ0n) is 12.5. The van der Waals surface area contributed by atoms with E-state index in [0.717, 1.165) is 5.56 Å². The normalized spacial score (nSPS) is 10.2. The van der Waals surface area contributed by atoms with Crippen molar-refractivity contribution in [3.8, 4) is 5.75 Å². The third-order valence-electron chi connectivity index (χ3n) is 2.94. The van der Waals surface area contributed by atoms with E-state index in [1.165, 1.54) is 18.2 Å². The van der Waals surface area contributed by atoms with Crippen LogP contribution in [0.2, 0.25) is 15.1 Å². The fourth-order valence-electron chi connectivity index (χ4n) is 1.84. The maximum Gasteiger partial charge on any atom is 0.276 e. The van der Waals surface area contributed by atoms with Gasteiger partial charge in [0, 0.05) is 20.6 Å².